The zero-order chi connectivity index (χ0) is 11.4. The normalized spacial score (nSPS) is 17.4. The fourth-order valence-electron chi connectivity index (χ4n) is 1.86. The van der Waals surface area contributed by atoms with Crippen molar-refractivity contribution in [3.05, 3.63) is 35.6 Å². The molecule has 1 atom stereocenters. The number of nitrogens with one attached hydrogen (secondary N) is 1. The Hall–Kier alpha value is -0.890. The molecule has 0 aliphatic heterocycles. The van der Waals surface area contributed by atoms with Crippen LogP contribution in [0.4, 0.5) is 4.39 Å². The predicted octanol–water partition coefficient (Wildman–Crippen LogP) is 3.15. The van der Waals surface area contributed by atoms with Crippen molar-refractivity contribution in [1.29, 1.82) is 0 Å². The first-order valence-electron chi connectivity index (χ1n) is 6.22. The summed E-state index contributed by atoms with van der Waals surface area (Å²) in [6.45, 7) is 3.36. The van der Waals surface area contributed by atoms with Crippen molar-refractivity contribution in [2.75, 3.05) is 6.54 Å². The topological polar surface area (TPSA) is 12.0 Å². The van der Waals surface area contributed by atoms with E-state index in [1.807, 2.05) is 6.07 Å². The summed E-state index contributed by atoms with van der Waals surface area (Å²) in [5.74, 6) is 0.546. The standard InChI is InChI=1S/C14H20FN/c1-11(10-16-14-7-8-14)5-6-12-3-2-4-13(15)9-12/h2-4,9,11,14,16H,5-8,10H2,1H3. The van der Waals surface area contributed by atoms with E-state index in [4.69, 9.17) is 0 Å². The molecule has 1 N–H and O–H groups in total. The summed E-state index contributed by atoms with van der Waals surface area (Å²) in [6.07, 6.45) is 4.79. The molecule has 1 unspecified atom stereocenters. The van der Waals surface area contributed by atoms with Crippen molar-refractivity contribution < 1.29 is 4.39 Å². The average Bonchev–Trinajstić information content (AvgIpc) is 3.07. The minimum atomic E-state index is -0.124. The second-order valence-electron chi connectivity index (χ2n) is 4.96. The van der Waals surface area contributed by atoms with Crippen LogP contribution in [-0.4, -0.2) is 12.6 Å². The van der Waals surface area contributed by atoms with E-state index in [2.05, 4.69) is 12.2 Å². The summed E-state index contributed by atoms with van der Waals surface area (Å²) in [5.41, 5.74) is 1.11. The molecule has 1 saturated carbocycles. The molecule has 0 saturated heterocycles. The molecule has 1 aliphatic carbocycles. The molecular formula is C14H20FN. The first-order chi connectivity index (χ1) is 7.74. The number of rotatable bonds is 6. The monoisotopic (exact) mass is 221 g/mol. The van der Waals surface area contributed by atoms with E-state index in [1.165, 1.54) is 18.9 Å². The maximum atomic E-state index is 12.9. The minimum absolute atomic E-state index is 0.124. The molecule has 1 fully saturated rings. The van der Waals surface area contributed by atoms with Gasteiger partial charge in [-0.15, -0.1) is 0 Å². The number of halogens is 1. The molecular weight excluding hydrogens is 201 g/mol. The Morgan fingerprint density at radius 3 is 2.94 bits per heavy atom. The Morgan fingerprint density at radius 2 is 2.25 bits per heavy atom. The second kappa shape index (κ2) is 5.44. The molecule has 2 rings (SSSR count). The summed E-state index contributed by atoms with van der Waals surface area (Å²) in [4.78, 5) is 0. The maximum Gasteiger partial charge on any atom is 0.123 e. The number of hydrogen-bond donors (Lipinski definition) is 1. The van der Waals surface area contributed by atoms with Gasteiger partial charge in [-0.1, -0.05) is 19.1 Å². The van der Waals surface area contributed by atoms with Gasteiger partial charge >= 0.3 is 0 Å². The Labute approximate surface area is 97.1 Å². The lowest BCUT2D eigenvalue weighted by Gasteiger charge is -2.12. The third-order valence-electron chi connectivity index (χ3n) is 3.15. The van der Waals surface area contributed by atoms with Crippen LogP contribution in [0.1, 0.15) is 31.7 Å². The van der Waals surface area contributed by atoms with Gasteiger partial charge in [-0.05, 0) is 55.8 Å². The Bertz CT molecular complexity index is 333. The third-order valence-corrected chi connectivity index (χ3v) is 3.15. The SMILES string of the molecule is CC(CCc1cccc(F)c1)CNC1CC1. The quantitative estimate of drug-likeness (QED) is 0.778. The lowest BCUT2D eigenvalue weighted by molar-refractivity contribution is 0.479. The Kier molecular flexibility index (Phi) is 3.94. The molecule has 0 amide bonds. The predicted molar refractivity (Wildman–Crippen MR) is 64.9 cm³/mol. The van der Waals surface area contributed by atoms with Gasteiger partial charge < -0.3 is 5.32 Å². The number of benzene rings is 1. The van der Waals surface area contributed by atoms with Gasteiger partial charge in [0.05, 0.1) is 0 Å². The van der Waals surface area contributed by atoms with Crippen LogP contribution in [0.15, 0.2) is 24.3 Å². The van der Waals surface area contributed by atoms with E-state index < -0.39 is 0 Å². The lowest BCUT2D eigenvalue weighted by Crippen LogP contribution is -2.23. The van der Waals surface area contributed by atoms with Gasteiger partial charge in [0.25, 0.3) is 0 Å². The molecule has 1 nitrogen and oxygen atoms in total. The van der Waals surface area contributed by atoms with Crippen molar-refractivity contribution in [3.8, 4) is 0 Å². The van der Waals surface area contributed by atoms with E-state index in [1.54, 1.807) is 12.1 Å². The first kappa shape index (κ1) is 11.6. The molecule has 1 aromatic rings. The summed E-state index contributed by atoms with van der Waals surface area (Å²) < 4.78 is 12.9. The van der Waals surface area contributed by atoms with Gasteiger partial charge in [-0.2, -0.15) is 0 Å². The van der Waals surface area contributed by atoms with Crippen molar-refractivity contribution in [1.82, 2.24) is 5.32 Å². The van der Waals surface area contributed by atoms with Crippen molar-refractivity contribution >= 4 is 0 Å². The molecule has 1 aromatic carbocycles. The molecule has 0 spiro atoms. The zero-order valence-corrected chi connectivity index (χ0v) is 9.88. The Morgan fingerprint density at radius 1 is 1.44 bits per heavy atom. The van der Waals surface area contributed by atoms with Gasteiger partial charge in [-0.3, -0.25) is 0 Å². The van der Waals surface area contributed by atoms with E-state index in [0.717, 1.165) is 31.0 Å². The Balaban J connectivity index is 1.69. The molecule has 16 heavy (non-hydrogen) atoms. The summed E-state index contributed by atoms with van der Waals surface area (Å²) in [5, 5.41) is 3.53. The van der Waals surface area contributed by atoms with E-state index in [0.29, 0.717) is 5.92 Å². The highest BCUT2D eigenvalue weighted by molar-refractivity contribution is 5.16. The molecule has 88 valence electrons. The van der Waals surface area contributed by atoms with Crippen LogP contribution in [0.3, 0.4) is 0 Å². The highest BCUT2D eigenvalue weighted by Crippen LogP contribution is 2.19. The van der Waals surface area contributed by atoms with Crippen LogP contribution in [0.25, 0.3) is 0 Å². The molecule has 0 aromatic heterocycles. The maximum absolute atomic E-state index is 12.9. The highest BCUT2D eigenvalue weighted by atomic mass is 19.1. The molecule has 0 radical (unpaired) electrons. The van der Waals surface area contributed by atoms with Crippen LogP contribution < -0.4 is 5.32 Å². The summed E-state index contributed by atoms with van der Waals surface area (Å²) >= 11 is 0. The van der Waals surface area contributed by atoms with Crippen LogP contribution in [0.2, 0.25) is 0 Å². The molecule has 0 bridgehead atoms. The average molecular weight is 221 g/mol. The van der Waals surface area contributed by atoms with Crippen LogP contribution in [0.5, 0.6) is 0 Å². The third kappa shape index (κ3) is 3.93. The zero-order valence-electron chi connectivity index (χ0n) is 9.88. The smallest absolute Gasteiger partial charge is 0.123 e. The van der Waals surface area contributed by atoms with Crippen molar-refractivity contribution in [3.63, 3.8) is 0 Å². The fourth-order valence-corrected chi connectivity index (χ4v) is 1.86. The van der Waals surface area contributed by atoms with Crippen molar-refractivity contribution in [2.24, 2.45) is 5.92 Å². The second-order valence-corrected chi connectivity index (χ2v) is 4.96. The van der Waals surface area contributed by atoms with Crippen LogP contribution in [0, 0.1) is 11.7 Å². The fraction of sp³-hybridized carbons (Fsp3) is 0.571. The van der Waals surface area contributed by atoms with Gasteiger partial charge in [0.15, 0.2) is 0 Å². The van der Waals surface area contributed by atoms with E-state index >= 15 is 0 Å². The number of aryl methyl sites for hydroxylation is 1. The van der Waals surface area contributed by atoms with E-state index in [-0.39, 0.29) is 5.82 Å². The highest BCUT2D eigenvalue weighted by Gasteiger charge is 2.20. The van der Waals surface area contributed by atoms with Gasteiger partial charge in [0.1, 0.15) is 5.82 Å². The lowest BCUT2D eigenvalue weighted by atomic mass is 10.0. The number of hydrogen-bond acceptors (Lipinski definition) is 1. The summed E-state index contributed by atoms with van der Waals surface area (Å²) in [6, 6.07) is 7.72. The van der Waals surface area contributed by atoms with Crippen LogP contribution in [-0.2, 0) is 6.42 Å². The molecule has 2 heteroatoms. The first-order valence-corrected chi connectivity index (χ1v) is 6.22. The molecule has 0 heterocycles. The summed E-state index contributed by atoms with van der Waals surface area (Å²) in [7, 11) is 0. The largest absolute Gasteiger partial charge is 0.314 e. The van der Waals surface area contributed by atoms with E-state index in [9.17, 15) is 4.39 Å². The molecule has 1 aliphatic rings. The van der Waals surface area contributed by atoms with Crippen molar-refractivity contribution in [2.45, 2.75) is 38.6 Å². The van der Waals surface area contributed by atoms with Gasteiger partial charge in [-0.25, -0.2) is 4.39 Å². The minimum Gasteiger partial charge on any atom is -0.314 e. The van der Waals surface area contributed by atoms with Gasteiger partial charge in [0, 0.05) is 6.04 Å². The van der Waals surface area contributed by atoms with Crippen LogP contribution >= 0.6 is 0 Å². The van der Waals surface area contributed by atoms with Gasteiger partial charge in [0.2, 0.25) is 0 Å².